The van der Waals surface area contributed by atoms with E-state index in [0.29, 0.717) is 5.92 Å². The van der Waals surface area contributed by atoms with Crippen molar-refractivity contribution in [2.75, 3.05) is 11.9 Å². The van der Waals surface area contributed by atoms with Crippen LogP contribution in [-0.2, 0) is 4.79 Å². The lowest BCUT2D eigenvalue weighted by atomic mass is 9.74. The number of hydrogen-bond donors (Lipinski definition) is 1. The topological polar surface area (TPSA) is 64.3 Å². The highest BCUT2D eigenvalue weighted by molar-refractivity contribution is 5.96. The number of hydrogen-bond acceptors (Lipinski definition) is 3. The van der Waals surface area contributed by atoms with Gasteiger partial charge in [-0.1, -0.05) is 71.3 Å². The molecule has 1 aliphatic rings. The molecule has 31 heavy (non-hydrogen) atoms. The number of carboxylic acids is 1. The number of carboxylic acid groups (broad SMARTS) is 1. The van der Waals surface area contributed by atoms with Crippen molar-refractivity contribution in [2.45, 2.75) is 103 Å². The first kappa shape index (κ1) is 25.0. The van der Waals surface area contributed by atoms with E-state index in [1.807, 2.05) is 6.07 Å². The third-order valence-electron chi connectivity index (χ3n) is 6.99. The third kappa shape index (κ3) is 6.60. The number of nitrogens with zero attached hydrogens (tertiary/aromatic N) is 2. The van der Waals surface area contributed by atoms with Gasteiger partial charge in [-0.2, -0.15) is 5.26 Å². The molecular formula is C27H40N2O2. The minimum Gasteiger partial charge on any atom is -0.477 e. The minimum absolute atomic E-state index is 0.145. The van der Waals surface area contributed by atoms with Crippen molar-refractivity contribution in [2.24, 2.45) is 0 Å². The molecule has 0 saturated heterocycles. The largest absolute Gasteiger partial charge is 0.477 e. The van der Waals surface area contributed by atoms with E-state index in [-0.39, 0.29) is 11.1 Å². The highest BCUT2D eigenvalue weighted by atomic mass is 16.4. The van der Waals surface area contributed by atoms with Gasteiger partial charge in [0.1, 0.15) is 11.6 Å². The van der Waals surface area contributed by atoms with Crippen molar-refractivity contribution in [3.8, 4) is 6.07 Å². The molecule has 0 bridgehead atoms. The van der Waals surface area contributed by atoms with Crippen molar-refractivity contribution < 1.29 is 9.90 Å². The van der Waals surface area contributed by atoms with Crippen LogP contribution in [-0.4, -0.2) is 23.7 Å². The summed E-state index contributed by atoms with van der Waals surface area (Å²) in [6.07, 6.45) is 15.1. The first-order chi connectivity index (χ1) is 14.9. The van der Waals surface area contributed by atoms with Crippen LogP contribution in [0.5, 0.6) is 0 Å². The fraction of sp³-hybridized carbons (Fsp3) is 0.630. The van der Waals surface area contributed by atoms with Gasteiger partial charge in [0, 0.05) is 18.3 Å². The van der Waals surface area contributed by atoms with E-state index in [1.54, 1.807) is 6.07 Å². The zero-order valence-electron chi connectivity index (χ0n) is 19.9. The van der Waals surface area contributed by atoms with Crippen LogP contribution in [0.3, 0.4) is 0 Å². The highest BCUT2D eigenvalue weighted by Crippen LogP contribution is 2.47. The monoisotopic (exact) mass is 424 g/mol. The highest BCUT2D eigenvalue weighted by Gasteiger charge is 2.38. The summed E-state index contributed by atoms with van der Waals surface area (Å²) >= 11 is 0. The standard InChI is InChI=1S/C27H40N2O2/c1-5-7-9-11-13-22-19-27(3,16-12-10-8-6-2)29(4)25-15-14-21(18-24(22)25)17-23(20-28)26(30)31/h14-15,17-18,22H,5-13,16,19H2,1-4H3,(H,30,31)/b23-17-. The molecule has 0 aliphatic carbocycles. The summed E-state index contributed by atoms with van der Waals surface area (Å²) in [5.74, 6) is -0.698. The molecule has 0 aromatic heterocycles. The lowest BCUT2D eigenvalue weighted by Crippen LogP contribution is -2.48. The molecule has 1 N–H and O–H groups in total. The molecular weight excluding hydrogens is 384 g/mol. The average Bonchev–Trinajstić information content (AvgIpc) is 2.75. The van der Waals surface area contributed by atoms with Crippen LogP contribution < -0.4 is 4.90 Å². The quantitative estimate of drug-likeness (QED) is 0.217. The second-order valence-electron chi connectivity index (χ2n) is 9.41. The smallest absolute Gasteiger partial charge is 0.346 e. The van der Waals surface area contributed by atoms with E-state index in [0.717, 1.165) is 12.0 Å². The Balaban J connectivity index is 2.34. The molecule has 0 spiro atoms. The van der Waals surface area contributed by atoms with Crippen molar-refractivity contribution in [1.29, 1.82) is 5.26 Å². The van der Waals surface area contributed by atoms with Gasteiger partial charge in [0.25, 0.3) is 0 Å². The second kappa shape index (κ2) is 11.9. The molecule has 1 aromatic carbocycles. The molecule has 1 aliphatic heterocycles. The number of unbranched alkanes of at least 4 members (excludes halogenated alkanes) is 6. The number of rotatable bonds is 12. The van der Waals surface area contributed by atoms with Gasteiger partial charge < -0.3 is 10.0 Å². The fourth-order valence-electron chi connectivity index (χ4n) is 4.95. The van der Waals surface area contributed by atoms with Crippen molar-refractivity contribution >= 4 is 17.7 Å². The van der Waals surface area contributed by atoms with Crippen LogP contribution in [0, 0.1) is 11.3 Å². The maximum absolute atomic E-state index is 11.3. The van der Waals surface area contributed by atoms with Gasteiger partial charge in [-0.05, 0) is 61.4 Å². The van der Waals surface area contributed by atoms with Crippen molar-refractivity contribution in [3.05, 3.63) is 34.9 Å². The second-order valence-corrected chi connectivity index (χ2v) is 9.41. The van der Waals surface area contributed by atoms with E-state index in [9.17, 15) is 9.90 Å². The summed E-state index contributed by atoms with van der Waals surface area (Å²) < 4.78 is 0. The Kier molecular flexibility index (Phi) is 9.62. The summed E-state index contributed by atoms with van der Waals surface area (Å²) in [4.78, 5) is 13.7. The molecule has 0 radical (unpaired) electrons. The van der Waals surface area contributed by atoms with E-state index >= 15 is 0 Å². The summed E-state index contributed by atoms with van der Waals surface area (Å²) in [6, 6.07) is 7.99. The first-order valence-corrected chi connectivity index (χ1v) is 12.1. The van der Waals surface area contributed by atoms with Crippen LogP contribution in [0.1, 0.15) is 108 Å². The number of fused-ring (bicyclic) bond motifs is 1. The maximum Gasteiger partial charge on any atom is 0.346 e. The molecule has 4 heteroatoms. The Hall–Kier alpha value is -2.28. The van der Waals surface area contributed by atoms with Gasteiger partial charge in [0.05, 0.1) is 0 Å². The molecule has 170 valence electrons. The summed E-state index contributed by atoms with van der Waals surface area (Å²) in [7, 11) is 2.21. The lowest BCUT2D eigenvalue weighted by molar-refractivity contribution is -0.132. The van der Waals surface area contributed by atoms with E-state index in [4.69, 9.17) is 5.26 Å². The molecule has 1 aromatic rings. The van der Waals surface area contributed by atoms with Crippen LogP contribution in [0.4, 0.5) is 5.69 Å². The Morgan fingerprint density at radius 2 is 1.87 bits per heavy atom. The molecule has 2 rings (SSSR count). The van der Waals surface area contributed by atoms with Crippen LogP contribution >= 0.6 is 0 Å². The van der Waals surface area contributed by atoms with Crippen LogP contribution in [0.25, 0.3) is 6.08 Å². The molecule has 0 saturated carbocycles. The number of nitriles is 1. The van der Waals surface area contributed by atoms with E-state index < -0.39 is 5.97 Å². The maximum atomic E-state index is 11.3. The fourth-order valence-corrected chi connectivity index (χ4v) is 4.95. The zero-order valence-corrected chi connectivity index (χ0v) is 19.9. The van der Waals surface area contributed by atoms with Crippen molar-refractivity contribution in [3.63, 3.8) is 0 Å². The Bertz CT molecular complexity index is 808. The van der Waals surface area contributed by atoms with Gasteiger partial charge >= 0.3 is 5.97 Å². The van der Waals surface area contributed by atoms with Gasteiger partial charge in [-0.25, -0.2) is 4.79 Å². The Morgan fingerprint density at radius 3 is 2.48 bits per heavy atom. The van der Waals surface area contributed by atoms with Crippen LogP contribution in [0.2, 0.25) is 0 Å². The third-order valence-corrected chi connectivity index (χ3v) is 6.99. The SMILES string of the molecule is CCCCCCC1CC(C)(CCCCCC)N(C)c2ccc(/C=C(/C#N)C(=O)O)cc21. The average molecular weight is 425 g/mol. The van der Waals surface area contributed by atoms with E-state index in [1.165, 1.54) is 81.5 Å². The summed E-state index contributed by atoms with van der Waals surface area (Å²) in [5.41, 5.74) is 3.30. The number of benzene rings is 1. The van der Waals surface area contributed by atoms with E-state index in [2.05, 4.69) is 44.9 Å². The summed E-state index contributed by atoms with van der Waals surface area (Å²) in [6.45, 7) is 6.91. The predicted molar refractivity (Wildman–Crippen MR) is 129 cm³/mol. The zero-order chi connectivity index (χ0) is 22.9. The molecule has 2 atom stereocenters. The van der Waals surface area contributed by atoms with Gasteiger partial charge in [-0.3, -0.25) is 0 Å². The van der Waals surface area contributed by atoms with Crippen molar-refractivity contribution in [1.82, 2.24) is 0 Å². The predicted octanol–water partition coefficient (Wildman–Crippen LogP) is 7.30. The normalized spacial score (nSPS) is 20.9. The molecule has 4 nitrogen and oxygen atoms in total. The number of anilines is 1. The Labute approximate surface area is 189 Å². The molecule has 2 unspecified atom stereocenters. The minimum atomic E-state index is -1.17. The molecule has 0 fully saturated rings. The Morgan fingerprint density at radius 1 is 1.19 bits per heavy atom. The molecule has 1 heterocycles. The first-order valence-electron chi connectivity index (χ1n) is 12.1. The lowest BCUT2D eigenvalue weighted by Gasteiger charge is -2.49. The van der Waals surface area contributed by atoms with Crippen LogP contribution in [0.15, 0.2) is 23.8 Å². The van der Waals surface area contributed by atoms with Gasteiger partial charge in [0.15, 0.2) is 0 Å². The van der Waals surface area contributed by atoms with Gasteiger partial charge in [0.2, 0.25) is 0 Å². The summed E-state index contributed by atoms with van der Waals surface area (Å²) in [5, 5.41) is 18.4. The number of aliphatic carboxylic acids is 1. The van der Waals surface area contributed by atoms with Gasteiger partial charge in [-0.15, -0.1) is 0 Å². The molecule has 0 amide bonds. The number of carbonyl (C=O) groups is 1.